The van der Waals surface area contributed by atoms with Gasteiger partial charge in [-0.3, -0.25) is 4.79 Å². The van der Waals surface area contributed by atoms with Crippen molar-refractivity contribution in [2.75, 3.05) is 18.1 Å². The number of anilines is 1. The van der Waals surface area contributed by atoms with Gasteiger partial charge in [0.2, 0.25) is 15.9 Å². The van der Waals surface area contributed by atoms with E-state index in [1.807, 2.05) is 6.92 Å². The first kappa shape index (κ1) is 16.4. The minimum atomic E-state index is -3.59. The van der Waals surface area contributed by atoms with Crippen LogP contribution in [0.2, 0.25) is 0 Å². The van der Waals surface area contributed by atoms with Crippen LogP contribution in [0.15, 0.2) is 23.1 Å². The largest absolute Gasteiger partial charge is 0.377 e. The molecule has 2 atom stereocenters. The second kappa shape index (κ2) is 6.22. The highest BCUT2D eigenvalue weighted by atomic mass is 32.2. The molecule has 2 aliphatic heterocycles. The van der Waals surface area contributed by atoms with Crippen LogP contribution in [0.5, 0.6) is 0 Å². The SMILES string of the molecule is CC(=O)N1CCc2cc(S(=O)(=O)N[C@H](C)[C@@H]3CCCO3)ccc21. The van der Waals surface area contributed by atoms with Gasteiger partial charge in [0.25, 0.3) is 0 Å². The number of benzene rings is 1. The lowest BCUT2D eigenvalue weighted by Crippen LogP contribution is -2.40. The standard InChI is InChI=1S/C16H22N2O4S/c1-11(16-4-3-9-22-16)17-23(20,21)14-5-6-15-13(10-14)7-8-18(15)12(2)19/h5-6,10-11,16-17H,3-4,7-9H2,1-2H3/t11-,16+/m1/s1. The summed E-state index contributed by atoms with van der Waals surface area (Å²) in [5.41, 5.74) is 1.71. The molecule has 7 heteroatoms. The van der Waals surface area contributed by atoms with E-state index in [0.717, 1.165) is 24.1 Å². The quantitative estimate of drug-likeness (QED) is 0.901. The summed E-state index contributed by atoms with van der Waals surface area (Å²) in [7, 11) is -3.59. The number of hydrogen-bond acceptors (Lipinski definition) is 4. The fraction of sp³-hybridized carbons (Fsp3) is 0.562. The highest BCUT2D eigenvalue weighted by Gasteiger charge is 2.29. The van der Waals surface area contributed by atoms with Gasteiger partial charge in [0.1, 0.15) is 0 Å². The first-order chi connectivity index (χ1) is 10.9. The lowest BCUT2D eigenvalue weighted by molar-refractivity contribution is -0.116. The Morgan fingerprint density at radius 2 is 2.22 bits per heavy atom. The number of carbonyl (C=O) groups excluding carboxylic acids is 1. The fourth-order valence-electron chi connectivity index (χ4n) is 3.26. The van der Waals surface area contributed by atoms with Crippen LogP contribution in [0.3, 0.4) is 0 Å². The van der Waals surface area contributed by atoms with Crippen molar-refractivity contribution < 1.29 is 17.9 Å². The molecule has 1 aromatic carbocycles. The number of amides is 1. The van der Waals surface area contributed by atoms with Gasteiger partial charge in [-0.1, -0.05) is 0 Å². The zero-order valence-corrected chi connectivity index (χ0v) is 14.2. The molecule has 1 N–H and O–H groups in total. The molecule has 0 aromatic heterocycles. The third-order valence-electron chi connectivity index (χ3n) is 4.50. The molecule has 0 spiro atoms. The Bertz CT molecular complexity index is 711. The molecule has 1 aromatic rings. The zero-order chi connectivity index (χ0) is 16.6. The average molecular weight is 338 g/mol. The van der Waals surface area contributed by atoms with E-state index in [2.05, 4.69) is 4.72 Å². The zero-order valence-electron chi connectivity index (χ0n) is 13.4. The summed E-state index contributed by atoms with van der Waals surface area (Å²) in [5, 5.41) is 0. The van der Waals surface area contributed by atoms with Crippen LogP contribution in [-0.4, -0.2) is 39.6 Å². The Hall–Kier alpha value is -1.44. The smallest absolute Gasteiger partial charge is 0.240 e. The van der Waals surface area contributed by atoms with Crippen LogP contribution in [0.1, 0.15) is 32.3 Å². The molecule has 2 heterocycles. The van der Waals surface area contributed by atoms with E-state index in [1.54, 1.807) is 23.1 Å². The Kier molecular flexibility index (Phi) is 4.44. The summed E-state index contributed by atoms with van der Waals surface area (Å²) < 4.78 is 33.4. The van der Waals surface area contributed by atoms with Gasteiger partial charge >= 0.3 is 0 Å². The summed E-state index contributed by atoms with van der Waals surface area (Å²) in [6.07, 6.45) is 2.46. The number of ether oxygens (including phenoxy) is 1. The van der Waals surface area contributed by atoms with E-state index >= 15 is 0 Å². The summed E-state index contributed by atoms with van der Waals surface area (Å²) in [6.45, 7) is 4.65. The van der Waals surface area contributed by atoms with Gasteiger partial charge in [0, 0.05) is 31.8 Å². The van der Waals surface area contributed by atoms with Crippen molar-refractivity contribution in [3.05, 3.63) is 23.8 Å². The number of rotatable bonds is 4. The maximum atomic E-state index is 12.6. The van der Waals surface area contributed by atoms with Gasteiger partial charge < -0.3 is 9.64 Å². The van der Waals surface area contributed by atoms with Gasteiger partial charge in [-0.25, -0.2) is 13.1 Å². The van der Waals surface area contributed by atoms with Crippen LogP contribution in [0.25, 0.3) is 0 Å². The molecule has 6 nitrogen and oxygen atoms in total. The summed E-state index contributed by atoms with van der Waals surface area (Å²) in [4.78, 5) is 13.5. The number of hydrogen-bond donors (Lipinski definition) is 1. The van der Waals surface area contributed by atoms with Gasteiger partial charge in [0.15, 0.2) is 0 Å². The molecule has 0 aliphatic carbocycles. The minimum absolute atomic E-state index is 0.0236. The molecular weight excluding hydrogens is 316 g/mol. The topological polar surface area (TPSA) is 75.7 Å². The molecule has 126 valence electrons. The average Bonchev–Trinajstić information content (AvgIpc) is 3.15. The fourth-order valence-corrected chi connectivity index (χ4v) is 4.58. The number of nitrogens with zero attached hydrogens (tertiary/aromatic N) is 1. The van der Waals surface area contributed by atoms with Crippen molar-refractivity contribution in [3.63, 3.8) is 0 Å². The number of fused-ring (bicyclic) bond motifs is 1. The molecule has 1 fully saturated rings. The van der Waals surface area contributed by atoms with Crippen molar-refractivity contribution in [2.45, 2.75) is 50.2 Å². The van der Waals surface area contributed by atoms with Crippen molar-refractivity contribution in [2.24, 2.45) is 0 Å². The maximum absolute atomic E-state index is 12.6. The van der Waals surface area contributed by atoms with Crippen LogP contribution in [-0.2, 0) is 26.0 Å². The molecule has 0 saturated carbocycles. The van der Waals surface area contributed by atoms with E-state index in [-0.39, 0.29) is 22.9 Å². The molecule has 0 radical (unpaired) electrons. The summed E-state index contributed by atoms with van der Waals surface area (Å²) in [5.74, 6) is -0.0236. The first-order valence-corrected chi connectivity index (χ1v) is 9.42. The highest BCUT2D eigenvalue weighted by molar-refractivity contribution is 7.89. The molecule has 1 amide bonds. The second-order valence-corrected chi connectivity index (χ2v) is 7.89. The van der Waals surface area contributed by atoms with Crippen molar-refractivity contribution in [3.8, 4) is 0 Å². The molecule has 0 bridgehead atoms. The van der Waals surface area contributed by atoms with Crippen LogP contribution >= 0.6 is 0 Å². The number of sulfonamides is 1. The van der Waals surface area contributed by atoms with Crippen molar-refractivity contribution >= 4 is 21.6 Å². The molecule has 3 rings (SSSR count). The Morgan fingerprint density at radius 3 is 2.87 bits per heavy atom. The number of nitrogens with one attached hydrogen (secondary N) is 1. The van der Waals surface area contributed by atoms with Gasteiger partial charge in [-0.15, -0.1) is 0 Å². The Labute approximate surface area is 136 Å². The van der Waals surface area contributed by atoms with Crippen LogP contribution < -0.4 is 9.62 Å². The van der Waals surface area contributed by atoms with E-state index in [9.17, 15) is 13.2 Å². The lowest BCUT2D eigenvalue weighted by atomic mass is 10.1. The van der Waals surface area contributed by atoms with Crippen molar-refractivity contribution in [1.29, 1.82) is 0 Å². The van der Waals surface area contributed by atoms with E-state index in [0.29, 0.717) is 19.6 Å². The lowest BCUT2D eigenvalue weighted by Gasteiger charge is -2.20. The predicted molar refractivity (Wildman–Crippen MR) is 86.9 cm³/mol. The highest BCUT2D eigenvalue weighted by Crippen LogP contribution is 2.30. The van der Waals surface area contributed by atoms with Crippen LogP contribution in [0, 0.1) is 0 Å². The minimum Gasteiger partial charge on any atom is -0.377 e. The molecule has 1 saturated heterocycles. The Morgan fingerprint density at radius 1 is 1.43 bits per heavy atom. The van der Waals surface area contributed by atoms with Gasteiger partial charge in [-0.05, 0) is 49.9 Å². The van der Waals surface area contributed by atoms with Gasteiger partial charge in [0.05, 0.1) is 11.0 Å². The summed E-state index contributed by atoms with van der Waals surface area (Å²) >= 11 is 0. The number of carbonyl (C=O) groups is 1. The first-order valence-electron chi connectivity index (χ1n) is 7.93. The van der Waals surface area contributed by atoms with E-state index in [4.69, 9.17) is 4.74 Å². The predicted octanol–water partition coefficient (Wildman–Crippen LogP) is 1.44. The van der Waals surface area contributed by atoms with Crippen LogP contribution in [0.4, 0.5) is 5.69 Å². The summed E-state index contributed by atoms with van der Waals surface area (Å²) in [6, 6.07) is 4.69. The van der Waals surface area contributed by atoms with E-state index in [1.165, 1.54) is 6.92 Å². The third-order valence-corrected chi connectivity index (χ3v) is 6.06. The normalized spacial score (nSPS) is 22.2. The second-order valence-electron chi connectivity index (χ2n) is 6.17. The third kappa shape index (κ3) is 3.27. The van der Waals surface area contributed by atoms with Crippen molar-refractivity contribution in [1.82, 2.24) is 4.72 Å². The monoisotopic (exact) mass is 338 g/mol. The Balaban J connectivity index is 1.80. The van der Waals surface area contributed by atoms with Gasteiger partial charge in [-0.2, -0.15) is 0 Å². The molecule has 23 heavy (non-hydrogen) atoms. The van der Waals surface area contributed by atoms with E-state index < -0.39 is 10.0 Å². The maximum Gasteiger partial charge on any atom is 0.240 e. The molecule has 0 unspecified atom stereocenters. The molecular formula is C16H22N2O4S. The molecule has 2 aliphatic rings.